The predicted molar refractivity (Wildman–Crippen MR) is 102 cm³/mol. The molecule has 1 N–H and O–H groups in total. The molecule has 1 atom stereocenters. The van der Waals surface area contributed by atoms with Crippen LogP contribution in [0.2, 0.25) is 0 Å². The molecule has 1 aliphatic rings. The molecule has 7 heteroatoms. The van der Waals surface area contributed by atoms with Crippen molar-refractivity contribution in [3.8, 4) is 0 Å². The van der Waals surface area contributed by atoms with Crippen molar-refractivity contribution in [3.05, 3.63) is 69.5 Å². The number of nitro groups is 1. The summed E-state index contributed by atoms with van der Waals surface area (Å²) in [6, 6.07) is 10.4. The van der Waals surface area contributed by atoms with Crippen molar-refractivity contribution in [2.75, 3.05) is 13.1 Å². The van der Waals surface area contributed by atoms with Crippen molar-refractivity contribution in [2.45, 2.75) is 38.8 Å². The molecule has 1 saturated heterocycles. The van der Waals surface area contributed by atoms with E-state index < -0.39 is 4.92 Å². The van der Waals surface area contributed by atoms with E-state index in [0.717, 1.165) is 38.0 Å². The molecule has 1 fully saturated rings. The van der Waals surface area contributed by atoms with Gasteiger partial charge in [0, 0.05) is 29.4 Å². The van der Waals surface area contributed by atoms with Crippen LogP contribution in [0.25, 0.3) is 0 Å². The molecular weight excluding hydrogens is 344 g/mol. The Kier molecular flexibility index (Phi) is 6.13. The third kappa shape index (κ3) is 4.68. The van der Waals surface area contributed by atoms with E-state index in [0.29, 0.717) is 17.7 Å². The van der Waals surface area contributed by atoms with Gasteiger partial charge in [0.1, 0.15) is 0 Å². The smallest absolute Gasteiger partial charge is 0.272 e. The number of rotatable bonds is 5. The highest BCUT2D eigenvalue weighted by Gasteiger charge is 2.27. The van der Waals surface area contributed by atoms with Crippen LogP contribution in [-0.4, -0.2) is 39.8 Å². The van der Waals surface area contributed by atoms with Gasteiger partial charge < -0.3 is 10.2 Å². The molecule has 0 aliphatic carbocycles. The molecule has 0 spiro atoms. The van der Waals surface area contributed by atoms with Crippen LogP contribution in [0, 0.1) is 17.0 Å². The number of hydrogen-bond donors (Lipinski definition) is 1. The SMILES string of the molecule is Cc1cc(C(=O)N(Cc2ccccn2)C2CCCNCC2)ccc1[N+](=O)[O-]. The average molecular weight is 368 g/mol. The minimum absolute atomic E-state index is 0.0292. The van der Waals surface area contributed by atoms with Gasteiger partial charge in [0.25, 0.3) is 11.6 Å². The van der Waals surface area contributed by atoms with E-state index in [-0.39, 0.29) is 17.6 Å². The topological polar surface area (TPSA) is 88.4 Å². The summed E-state index contributed by atoms with van der Waals surface area (Å²) in [4.78, 5) is 30.2. The molecule has 1 aliphatic heterocycles. The maximum absolute atomic E-state index is 13.3. The number of nitrogens with zero attached hydrogens (tertiary/aromatic N) is 3. The molecule has 1 amide bonds. The number of amides is 1. The first-order chi connectivity index (χ1) is 13.1. The number of benzene rings is 1. The zero-order valence-electron chi connectivity index (χ0n) is 15.4. The molecule has 0 saturated carbocycles. The highest BCUT2D eigenvalue weighted by Crippen LogP contribution is 2.23. The van der Waals surface area contributed by atoms with Crippen molar-refractivity contribution in [1.82, 2.24) is 15.2 Å². The Morgan fingerprint density at radius 3 is 2.85 bits per heavy atom. The number of aromatic nitrogens is 1. The maximum atomic E-state index is 13.3. The fraction of sp³-hybridized carbons (Fsp3) is 0.400. The number of hydrogen-bond acceptors (Lipinski definition) is 5. The van der Waals surface area contributed by atoms with Gasteiger partial charge in [0.15, 0.2) is 0 Å². The van der Waals surface area contributed by atoms with Crippen molar-refractivity contribution >= 4 is 11.6 Å². The molecule has 1 aromatic carbocycles. The monoisotopic (exact) mass is 368 g/mol. The predicted octanol–water partition coefficient (Wildman–Crippen LogP) is 3.08. The second kappa shape index (κ2) is 8.73. The van der Waals surface area contributed by atoms with Crippen LogP contribution in [0.4, 0.5) is 5.69 Å². The quantitative estimate of drug-likeness (QED) is 0.647. The van der Waals surface area contributed by atoms with E-state index in [4.69, 9.17) is 0 Å². The van der Waals surface area contributed by atoms with E-state index >= 15 is 0 Å². The van der Waals surface area contributed by atoms with Crippen LogP contribution in [-0.2, 0) is 6.54 Å². The number of carbonyl (C=O) groups excluding carboxylic acids is 1. The molecule has 0 bridgehead atoms. The first-order valence-corrected chi connectivity index (χ1v) is 9.23. The van der Waals surface area contributed by atoms with E-state index in [1.807, 2.05) is 23.1 Å². The normalized spacial score (nSPS) is 17.1. The molecule has 0 radical (unpaired) electrons. The van der Waals surface area contributed by atoms with E-state index in [9.17, 15) is 14.9 Å². The van der Waals surface area contributed by atoms with Gasteiger partial charge >= 0.3 is 0 Å². The zero-order valence-corrected chi connectivity index (χ0v) is 15.4. The van der Waals surface area contributed by atoms with Crippen molar-refractivity contribution in [1.29, 1.82) is 0 Å². The Hall–Kier alpha value is -2.80. The van der Waals surface area contributed by atoms with Gasteiger partial charge in [-0.3, -0.25) is 19.9 Å². The van der Waals surface area contributed by atoms with Crippen LogP contribution in [0.5, 0.6) is 0 Å². The van der Waals surface area contributed by atoms with Crippen LogP contribution < -0.4 is 5.32 Å². The van der Waals surface area contributed by atoms with Gasteiger partial charge in [-0.2, -0.15) is 0 Å². The average Bonchev–Trinajstić information content (AvgIpc) is 2.95. The standard InChI is InChI=1S/C20H24N4O3/c1-15-13-16(7-8-19(15)24(26)27)20(25)23(14-17-5-2-3-11-22-17)18-6-4-10-21-12-9-18/h2-3,5,7-8,11,13,18,21H,4,6,9-10,12,14H2,1H3. The third-order valence-corrected chi connectivity index (χ3v) is 4.95. The van der Waals surface area contributed by atoms with Gasteiger partial charge in [-0.15, -0.1) is 0 Å². The number of aryl methyl sites for hydroxylation is 1. The van der Waals surface area contributed by atoms with Crippen molar-refractivity contribution in [3.63, 3.8) is 0 Å². The Balaban J connectivity index is 1.89. The number of nitro benzene ring substituents is 1. The minimum Gasteiger partial charge on any atom is -0.330 e. The lowest BCUT2D eigenvalue weighted by molar-refractivity contribution is -0.385. The second-order valence-corrected chi connectivity index (χ2v) is 6.85. The summed E-state index contributed by atoms with van der Waals surface area (Å²) >= 11 is 0. The Morgan fingerprint density at radius 2 is 2.15 bits per heavy atom. The summed E-state index contributed by atoms with van der Waals surface area (Å²) in [6.07, 6.45) is 4.54. The summed E-state index contributed by atoms with van der Waals surface area (Å²) < 4.78 is 0. The number of carbonyl (C=O) groups is 1. The summed E-state index contributed by atoms with van der Waals surface area (Å²) in [5, 5.41) is 14.4. The van der Waals surface area contributed by atoms with Gasteiger partial charge in [-0.25, -0.2) is 0 Å². The summed E-state index contributed by atoms with van der Waals surface area (Å²) in [6.45, 7) is 3.92. The van der Waals surface area contributed by atoms with Crippen LogP contribution >= 0.6 is 0 Å². The van der Waals surface area contributed by atoms with Crippen molar-refractivity contribution in [2.24, 2.45) is 0 Å². The third-order valence-electron chi connectivity index (χ3n) is 4.95. The Labute approximate surface area is 158 Å². The molecular formula is C20H24N4O3. The Bertz CT molecular complexity index is 802. The highest BCUT2D eigenvalue weighted by atomic mass is 16.6. The first kappa shape index (κ1) is 19.0. The number of nitrogens with one attached hydrogen (secondary N) is 1. The lowest BCUT2D eigenvalue weighted by Crippen LogP contribution is -2.40. The fourth-order valence-corrected chi connectivity index (χ4v) is 3.50. The summed E-state index contributed by atoms with van der Waals surface area (Å²) in [7, 11) is 0. The second-order valence-electron chi connectivity index (χ2n) is 6.85. The number of pyridine rings is 1. The lowest BCUT2D eigenvalue weighted by Gasteiger charge is -2.31. The fourth-order valence-electron chi connectivity index (χ4n) is 3.50. The van der Waals surface area contributed by atoms with Crippen LogP contribution in [0.15, 0.2) is 42.6 Å². The molecule has 1 aromatic heterocycles. The minimum atomic E-state index is -0.424. The van der Waals surface area contributed by atoms with E-state index in [1.165, 1.54) is 6.07 Å². The van der Waals surface area contributed by atoms with Gasteiger partial charge in [0.05, 0.1) is 17.2 Å². The summed E-state index contributed by atoms with van der Waals surface area (Å²) in [5.41, 5.74) is 1.83. The summed E-state index contributed by atoms with van der Waals surface area (Å²) in [5.74, 6) is -0.106. The van der Waals surface area contributed by atoms with E-state index in [1.54, 1.807) is 25.3 Å². The van der Waals surface area contributed by atoms with E-state index in [2.05, 4.69) is 10.3 Å². The molecule has 7 nitrogen and oxygen atoms in total. The van der Waals surface area contributed by atoms with Gasteiger partial charge in [-0.05, 0) is 63.5 Å². The molecule has 2 heterocycles. The highest BCUT2D eigenvalue weighted by molar-refractivity contribution is 5.95. The first-order valence-electron chi connectivity index (χ1n) is 9.23. The molecule has 2 aromatic rings. The Morgan fingerprint density at radius 1 is 1.30 bits per heavy atom. The molecule has 27 heavy (non-hydrogen) atoms. The zero-order chi connectivity index (χ0) is 19.2. The molecule has 142 valence electrons. The maximum Gasteiger partial charge on any atom is 0.272 e. The lowest BCUT2D eigenvalue weighted by atomic mass is 10.0. The molecule has 3 rings (SSSR count). The van der Waals surface area contributed by atoms with Gasteiger partial charge in [0.2, 0.25) is 0 Å². The van der Waals surface area contributed by atoms with Crippen molar-refractivity contribution < 1.29 is 9.72 Å². The molecule has 1 unspecified atom stereocenters. The van der Waals surface area contributed by atoms with Crippen LogP contribution in [0.1, 0.15) is 40.9 Å². The van der Waals surface area contributed by atoms with Gasteiger partial charge in [-0.1, -0.05) is 6.07 Å². The largest absolute Gasteiger partial charge is 0.330 e. The van der Waals surface area contributed by atoms with Crippen LogP contribution in [0.3, 0.4) is 0 Å².